The van der Waals surface area contributed by atoms with Crippen LogP contribution in [0.5, 0.6) is 5.75 Å². The lowest BCUT2D eigenvalue weighted by atomic mass is 10.2. The van der Waals surface area contributed by atoms with Gasteiger partial charge in [0.25, 0.3) is 0 Å². The van der Waals surface area contributed by atoms with Gasteiger partial charge in [0.2, 0.25) is 0 Å². The molecule has 2 aromatic rings. The molecule has 0 aliphatic carbocycles. The molecule has 0 radical (unpaired) electrons. The first-order chi connectivity index (χ1) is 9.29. The lowest BCUT2D eigenvalue weighted by Crippen LogP contribution is -1.98. The standard InChI is InChI=1S/C16H14FNO/c17-15-8-9-16(14(11-15)7-4-10-18)19-12-13-5-2-1-3-6-13/h1-3,5-6,8-9,11H,10,12,18H2. The van der Waals surface area contributed by atoms with E-state index in [-0.39, 0.29) is 12.4 Å². The fraction of sp³-hybridized carbons (Fsp3) is 0.125. The van der Waals surface area contributed by atoms with Gasteiger partial charge in [-0.25, -0.2) is 4.39 Å². The fourth-order valence-corrected chi connectivity index (χ4v) is 1.61. The van der Waals surface area contributed by atoms with Crippen molar-refractivity contribution in [1.29, 1.82) is 0 Å². The molecule has 0 fully saturated rings. The van der Waals surface area contributed by atoms with Gasteiger partial charge in [-0.15, -0.1) is 0 Å². The van der Waals surface area contributed by atoms with Crippen molar-refractivity contribution in [2.45, 2.75) is 6.61 Å². The van der Waals surface area contributed by atoms with Crippen LogP contribution in [0.4, 0.5) is 4.39 Å². The van der Waals surface area contributed by atoms with Gasteiger partial charge < -0.3 is 10.5 Å². The topological polar surface area (TPSA) is 35.2 Å². The third-order valence-electron chi connectivity index (χ3n) is 2.50. The van der Waals surface area contributed by atoms with E-state index >= 15 is 0 Å². The van der Waals surface area contributed by atoms with Gasteiger partial charge in [0.1, 0.15) is 18.2 Å². The van der Waals surface area contributed by atoms with Crippen molar-refractivity contribution in [3.05, 3.63) is 65.5 Å². The Kier molecular flexibility index (Phi) is 4.54. The molecule has 3 heteroatoms. The highest BCUT2D eigenvalue weighted by molar-refractivity contribution is 5.46. The monoisotopic (exact) mass is 255 g/mol. The van der Waals surface area contributed by atoms with E-state index in [9.17, 15) is 4.39 Å². The van der Waals surface area contributed by atoms with Crippen LogP contribution in [0, 0.1) is 17.7 Å². The summed E-state index contributed by atoms with van der Waals surface area (Å²) in [4.78, 5) is 0. The summed E-state index contributed by atoms with van der Waals surface area (Å²) in [6, 6.07) is 14.1. The van der Waals surface area contributed by atoms with Crippen molar-refractivity contribution in [3.63, 3.8) is 0 Å². The molecule has 2 rings (SSSR count). The molecule has 0 spiro atoms. The zero-order chi connectivity index (χ0) is 13.5. The van der Waals surface area contributed by atoms with Gasteiger partial charge in [-0.3, -0.25) is 0 Å². The van der Waals surface area contributed by atoms with E-state index in [1.165, 1.54) is 12.1 Å². The predicted octanol–water partition coefficient (Wildman–Crippen LogP) is 2.71. The summed E-state index contributed by atoms with van der Waals surface area (Å²) in [5.41, 5.74) is 6.88. The Morgan fingerprint density at radius 2 is 1.89 bits per heavy atom. The summed E-state index contributed by atoms with van der Waals surface area (Å²) in [5, 5.41) is 0. The van der Waals surface area contributed by atoms with E-state index in [2.05, 4.69) is 11.8 Å². The minimum atomic E-state index is -0.339. The van der Waals surface area contributed by atoms with Crippen LogP contribution in [0.25, 0.3) is 0 Å². The molecule has 0 amide bonds. The van der Waals surface area contributed by atoms with Crippen molar-refractivity contribution in [2.75, 3.05) is 6.54 Å². The molecule has 0 saturated carbocycles. The minimum Gasteiger partial charge on any atom is -0.488 e. The summed E-state index contributed by atoms with van der Waals surface area (Å²) in [7, 11) is 0. The van der Waals surface area contributed by atoms with Gasteiger partial charge in [-0.1, -0.05) is 42.2 Å². The molecule has 0 aliphatic rings. The van der Waals surface area contributed by atoms with Gasteiger partial charge in [0.15, 0.2) is 0 Å². The second-order valence-corrected chi connectivity index (χ2v) is 3.92. The highest BCUT2D eigenvalue weighted by Crippen LogP contribution is 2.20. The molecule has 96 valence electrons. The van der Waals surface area contributed by atoms with Crippen LogP contribution in [0.15, 0.2) is 48.5 Å². The van der Waals surface area contributed by atoms with Crippen LogP contribution in [-0.2, 0) is 6.61 Å². The van der Waals surface area contributed by atoms with Crippen LogP contribution >= 0.6 is 0 Å². The quantitative estimate of drug-likeness (QED) is 0.856. The number of nitrogens with two attached hydrogens (primary N) is 1. The summed E-state index contributed by atoms with van der Waals surface area (Å²) in [5.74, 6) is 5.73. The van der Waals surface area contributed by atoms with Crippen molar-refractivity contribution in [3.8, 4) is 17.6 Å². The maximum atomic E-state index is 13.2. The van der Waals surface area contributed by atoms with E-state index in [0.717, 1.165) is 5.56 Å². The third kappa shape index (κ3) is 3.84. The molecule has 0 saturated heterocycles. The van der Waals surface area contributed by atoms with Crippen molar-refractivity contribution >= 4 is 0 Å². The minimum absolute atomic E-state index is 0.231. The Morgan fingerprint density at radius 3 is 2.63 bits per heavy atom. The number of hydrogen-bond acceptors (Lipinski definition) is 2. The zero-order valence-corrected chi connectivity index (χ0v) is 10.4. The second-order valence-electron chi connectivity index (χ2n) is 3.92. The first-order valence-corrected chi connectivity index (χ1v) is 5.95. The summed E-state index contributed by atoms with van der Waals surface area (Å²) < 4.78 is 18.8. The van der Waals surface area contributed by atoms with E-state index < -0.39 is 0 Å². The Labute approximate surface area is 112 Å². The number of hydrogen-bond donors (Lipinski definition) is 1. The van der Waals surface area contributed by atoms with Crippen molar-refractivity contribution in [2.24, 2.45) is 5.73 Å². The van der Waals surface area contributed by atoms with Crippen LogP contribution in [0.3, 0.4) is 0 Å². The highest BCUT2D eigenvalue weighted by Gasteiger charge is 2.03. The highest BCUT2D eigenvalue weighted by atomic mass is 19.1. The van der Waals surface area contributed by atoms with Crippen LogP contribution < -0.4 is 10.5 Å². The molecular formula is C16H14FNO. The van der Waals surface area contributed by atoms with Crippen LogP contribution in [0.1, 0.15) is 11.1 Å². The SMILES string of the molecule is NCC#Cc1cc(F)ccc1OCc1ccccc1. The molecular weight excluding hydrogens is 241 g/mol. The maximum absolute atomic E-state index is 13.2. The third-order valence-corrected chi connectivity index (χ3v) is 2.50. The first kappa shape index (κ1) is 13.1. The van der Waals surface area contributed by atoms with Gasteiger partial charge in [0, 0.05) is 0 Å². The van der Waals surface area contributed by atoms with E-state index in [0.29, 0.717) is 17.9 Å². The molecule has 0 aliphatic heterocycles. The number of ether oxygens (including phenoxy) is 1. The summed E-state index contributed by atoms with van der Waals surface area (Å²) >= 11 is 0. The van der Waals surface area contributed by atoms with Crippen LogP contribution in [-0.4, -0.2) is 6.54 Å². The molecule has 0 aromatic heterocycles. The van der Waals surface area contributed by atoms with Gasteiger partial charge in [-0.2, -0.15) is 0 Å². The molecule has 2 N–H and O–H groups in total. The second kappa shape index (κ2) is 6.58. The Bertz CT molecular complexity index is 599. The maximum Gasteiger partial charge on any atom is 0.135 e. The lowest BCUT2D eigenvalue weighted by Gasteiger charge is -2.08. The molecule has 19 heavy (non-hydrogen) atoms. The normalized spacial score (nSPS) is 9.58. The number of benzene rings is 2. The zero-order valence-electron chi connectivity index (χ0n) is 10.4. The predicted molar refractivity (Wildman–Crippen MR) is 73.1 cm³/mol. The average Bonchev–Trinajstić information content (AvgIpc) is 2.45. The molecule has 0 unspecified atom stereocenters. The van der Waals surface area contributed by atoms with E-state index in [1.807, 2.05) is 30.3 Å². The average molecular weight is 255 g/mol. The van der Waals surface area contributed by atoms with Crippen LogP contribution in [0.2, 0.25) is 0 Å². The molecule has 0 bridgehead atoms. The molecule has 2 nitrogen and oxygen atoms in total. The Hall–Kier alpha value is -2.31. The summed E-state index contributed by atoms with van der Waals surface area (Å²) in [6.07, 6.45) is 0. The van der Waals surface area contributed by atoms with Gasteiger partial charge in [0.05, 0.1) is 12.1 Å². The molecule has 0 heterocycles. The Morgan fingerprint density at radius 1 is 1.11 bits per heavy atom. The molecule has 2 aromatic carbocycles. The number of halogens is 1. The molecule has 0 atom stereocenters. The lowest BCUT2D eigenvalue weighted by molar-refractivity contribution is 0.305. The van der Waals surface area contributed by atoms with E-state index in [4.69, 9.17) is 10.5 Å². The smallest absolute Gasteiger partial charge is 0.135 e. The fourth-order valence-electron chi connectivity index (χ4n) is 1.61. The first-order valence-electron chi connectivity index (χ1n) is 5.95. The van der Waals surface area contributed by atoms with Gasteiger partial charge in [-0.05, 0) is 23.8 Å². The summed E-state index contributed by atoms with van der Waals surface area (Å²) in [6.45, 7) is 0.651. The number of rotatable bonds is 3. The Balaban J connectivity index is 2.15. The van der Waals surface area contributed by atoms with Crippen molar-refractivity contribution in [1.82, 2.24) is 0 Å². The van der Waals surface area contributed by atoms with E-state index in [1.54, 1.807) is 6.07 Å². The largest absolute Gasteiger partial charge is 0.488 e. The van der Waals surface area contributed by atoms with Gasteiger partial charge >= 0.3 is 0 Å². The van der Waals surface area contributed by atoms with Crippen molar-refractivity contribution < 1.29 is 9.13 Å².